The van der Waals surface area contributed by atoms with Gasteiger partial charge in [0.2, 0.25) is 0 Å². The van der Waals surface area contributed by atoms with Gasteiger partial charge in [0, 0.05) is 26.7 Å². The quantitative estimate of drug-likeness (QED) is 0.678. The van der Waals surface area contributed by atoms with E-state index in [0.717, 1.165) is 4.47 Å². The standard InChI is InChI=1S/C11H8BrNOS/c12-9-3-8(4-10(13)5-9)11(14)7-1-2-15-6-7/h1-6H,13H2. The van der Waals surface area contributed by atoms with Crippen molar-refractivity contribution < 1.29 is 4.79 Å². The van der Waals surface area contributed by atoms with Crippen molar-refractivity contribution in [1.82, 2.24) is 0 Å². The minimum atomic E-state index is 0.00394. The number of benzene rings is 1. The third-order valence-corrected chi connectivity index (χ3v) is 3.11. The van der Waals surface area contributed by atoms with Gasteiger partial charge in [-0.15, -0.1) is 0 Å². The number of thiophene rings is 1. The summed E-state index contributed by atoms with van der Waals surface area (Å²) in [6.07, 6.45) is 0. The maximum absolute atomic E-state index is 11.9. The Kier molecular flexibility index (Phi) is 2.88. The number of ketones is 1. The number of nitrogen functional groups attached to an aromatic ring is 1. The van der Waals surface area contributed by atoms with Gasteiger partial charge in [-0.1, -0.05) is 15.9 Å². The molecule has 4 heteroatoms. The smallest absolute Gasteiger partial charge is 0.193 e. The first-order chi connectivity index (χ1) is 7.16. The molecule has 0 bridgehead atoms. The van der Waals surface area contributed by atoms with Crippen LogP contribution in [0.4, 0.5) is 5.69 Å². The Hall–Kier alpha value is -1.13. The zero-order valence-electron chi connectivity index (χ0n) is 7.74. The number of halogens is 1. The van der Waals surface area contributed by atoms with Crippen LogP contribution in [-0.4, -0.2) is 5.78 Å². The van der Waals surface area contributed by atoms with Gasteiger partial charge >= 0.3 is 0 Å². The fourth-order valence-electron chi connectivity index (χ4n) is 1.30. The summed E-state index contributed by atoms with van der Waals surface area (Å²) in [6, 6.07) is 7.04. The van der Waals surface area contributed by atoms with E-state index in [1.807, 2.05) is 16.8 Å². The van der Waals surface area contributed by atoms with Crippen LogP contribution < -0.4 is 5.73 Å². The number of carbonyl (C=O) groups is 1. The van der Waals surface area contributed by atoms with E-state index in [0.29, 0.717) is 16.8 Å². The maximum atomic E-state index is 11.9. The Balaban J connectivity index is 2.42. The summed E-state index contributed by atoms with van der Waals surface area (Å²) >= 11 is 4.82. The normalized spacial score (nSPS) is 10.2. The van der Waals surface area contributed by atoms with Gasteiger partial charge in [-0.05, 0) is 29.6 Å². The van der Waals surface area contributed by atoms with Crippen LogP contribution in [0.1, 0.15) is 15.9 Å². The Bertz CT molecular complexity index is 473. The molecule has 0 unspecified atom stereocenters. The van der Waals surface area contributed by atoms with Gasteiger partial charge in [0.1, 0.15) is 0 Å². The molecule has 0 fully saturated rings. The number of rotatable bonds is 2. The van der Waals surface area contributed by atoms with Gasteiger partial charge in [0.05, 0.1) is 0 Å². The molecule has 0 aliphatic heterocycles. The van der Waals surface area contributed by atoms with Crippen molar-refractivity contribution in [2.24, 2.45) is 0 Å². The van der Waals surface area contributed by atoms with E-state index in [1.165, 1.54) is 11.3 Å². The minimum Gasteiger partial charge on any atom is -0.399 e. The van der Waals surface area contributed by atoms with Crippen molar-refractivity contribution in [3.05, 3.63) is 50.6 Å². The lowest BCUT2D eigenvalue weighted by Gasteiger charge is -2.01. The van der Waals surface area contributed by atoms with E-state index in [9.17, 15) is 4.79 Å². The van der Waals surface area contributed by atoms with E-state index < -0.39 is 0 Å². The molecule has 2 aromatic rings. The van der Waals surface area contributed by atoms with Gasteiger partial charge in [-0.25, -0.2) is 0 Å². The van der Waals surface area contributed by atoms with Crippen LogP contribution in [0.15, 0.2) is 39.5 Å². The largest absolute Gasteiger partial charge is 0.399 e. The molecule has 1 aromatic heterocycles. The minimum absolute atomic E-state index is 0.00394. The van der Waals surface area contributed by atoms with Gasteiger partial charge < -0.3 is 5.73 Å². The predicted octanol–water partition coefficient (Wildman–Crippen LogP) is 3.32. The molecular weight excluding hydrogens is 274 g/mol. The predicted molar refractivity (Wildman–Crippen MR) is 66.3 cm³/mol. The molecule has 0 amide bonds. The molecule has 0 atom stereocenters. The maximum Gasteiger partial charge on any atom is 0.193 e. The highest BCUT2D eigenvalue weighted by Gasteiger charge is 2.10. The van der Waals surface area contributed by atoms with Crippen LogP contribution >= 0.6 is 27.3 Å². The van der Waals surface area contributed by atoms with Crippen molar-refractivity contribution in [2.75, 3.05) is 5.73 Å². The molecule has 0 aliphatic rings. The Morgan fingerprint density at radius 2 is 2.07 bits per heavy atom. The van der Waals surface area contributed by atoms with Crippen LogP contribution in [0.2, 0.25) is 0 Å². The second-order valence-corrected chi connectivity index (χ2v) is 4.81. The highest BCUT2D eigenvalue weighted by atomic mass is 79.9. The summed E-state index contributed by atoms with van der Waals surface area (Å²) in [5.74, 6) is 0.00394. The average Bonchev–Trinajstić information content (AvgIpc) is 2.67. The van der Waals surface area contributed by atoms with E-state index in [2.05, 4.69) is 15.9 Å². The molecule has 1 aromatic carbocycles. The van der Waals surface area contributed by atoms with Crippen molar-refractivity contribution in [3.8, 4) is 0 Å². The molecule has 0 radical (unpaired) electrons. The molecule has 1 heterocycles. The lowest BCUT2D eigenvalue weighted by Crippen LogP contribution is -2.00. The number of anilines is 1. The second-order valence-electron chi connectivity index (χ2n) is 3.11. The Labute approximate surface area is 99.9 Å². The van der Waals surface area contributed by atoms with Crippen LogP contribution in [0, 0.1) is 0 Å². The first-order valence-corrected chi connectivity index (χ1v) is 6.03. The number of hydrogen-bond donors (Lipinski definition) is 1. The van der Waals surface area contributed by atoms with Gasteiger partial charge in [0.15, 0.2) is 5.78 Å². The molecule has 2 rings (SSSR count). The van der Waals surface area contributed by atoms with Crippen LogP contribution in [0.25, 0.3) is 0 Å². The average molecular weight is 282 g/mol. The lowest BCUT2D eigenvalue weighted by atomic mass is 10.1. The highest BCUT2D eigenvalue weighted by Crippen LogP contribution is 2.20. The van der Waals surface area contributed by atoms with Gasteiger partial charge in [-0.3, -0.25) is 4.79 Å². The van der Waals surface area contributed by atoms with Gasteiger partial charge in [0.25, 0.3) is 0 Å². The van der Waals surface area contributed by atoms with Crippen LogP contribution in [-0.2, 0) is 0 Å². The van der Waals surface area contributed by atoms with E-state index >= 15 is 0 Å². The molecule has 15 heavy (non-hydrogen) atoms. The summed E-state index contributed by atoms with van der Waals surface area (Å²) in [5, 5.41) is 3.72. The van der Waals surface area contributed by atoms with Crippen LogP contribution in [0.3, 0.4) is 0 Å². The van der Waals surface area contributed by atoms with E-state index in [-0.39, 0.29) is 5.78 Å². The third-order valence-electron chi connectivity index (χ3n) is 1.97. The third kappa shape index (κ3) is 2.27. The number of carbonyl (C=O) groups excluding carboxylic acids is 1. The molecule has 2 N–H and O–H groups in total. The Morgan fingerprint density at radius 3 is 2.67 bits per heavy atom. The molecule has 0 aliphatic carbocycles. The molecule has 2 nitrogen and oxygen atoms in total. The first-order valence-electron chi connectivity index (χ1n) is 4.30. The number of hydrogen-bond acceptors (Lipinski definition) is 3. The monoisotopic (exact) mass is 281 g/mol. The molecular formula is C11H8BrNOS. The Morgan fingerprint density at radius 1 is 1.27 bits per heavy atom. The molecule has 76 valence electrons. The fraction of sp³-hybridized carbons (Fsp3) is 0. The molecule has 0 spiro atoms. The zero-order valence-corrected chi connectivity index (χ0v) is 10.1. The van der Waals surface area contributed by atoms with E-state index in [4.69, 9.17) is 5.73 Å². The summed E-state index contributed by atoms with van der Waals surface area (Å²) in [7, 11) is 0. The number of nitrogens with two attached hydrogens (primary N) is 1. The summed E-state index contributed by atoms with van der Waals surface area (Å²) in [6.45, 7) is 0. The zero-order chi connectivity index (χ0) is 10.8. The fourth-order valence-corrected chi connectivity index (χ4v) is 2.45. The summed E-state index contributed by atoms with van der Waals surface area (Å²) in [5.41, 5.74) is 7.57. The van der Waals surface area contributed by atoms with Crippen molar-refractivity contribution in [3.63, 3.8) is 0 Å². The van der Waals surface area contributed by atoms with Crippen molar-refractivity contribution >= 4 is 38.7 Å². The van der Waals surface area contributed by atoms with Crippen molar-refractivity contribution in [1.29, 1.82) is 0 Å². The summed E-state index contributed by atoms with van der Waals surface area (Å²) < 4.78 is 0.820. The molecule has 0 saturated heterocycles. The van der Waals surface area contributed by atoms with E-state index in [1.54, 1.807) is 18.2 Å². The topological polar surface area (TPSA) is 43.1 Å². The van der Waals surface area contributed by atoms with Gasteiger partial charge in [-0.2, -0.15) is 11.3 Å². The highest BCUT2D eigenvalue weighted by molar-refractivity contribution is 9.10. The van der Waals surface area contributed by atoms with Crippen LogP contribution in [0.5, 0.6) is 0 Å². The van der Waals surface area contributed by atoms with Crippen molar-refractivity contribution in [2.45, 2.75) is 0 Å². The summed E-state index contributed by atoms with van der Waals surface area (Å²) in [4.78, 5) is 11.9. The first kappa shape index (κ1) is 10.4. The lowest BCUT2D eigenvalue weighted by molar-refractivity contribution is 0.103. The second kappa shape index (κ2) is 4.16. The SMILES string of the molecule is Nc1cc(Br)cc(C(=O)c2ccsc2)c1. The molecule has 0 saturated carbocycles.